The highest BCUT2D eigenvalue weighted by Crippen LogP contribution is 2.09. The summed E-state index contributed by atoms with van der Waals surface area (Å²) in [6.45, 7) is 4.72. The third-order valence-electron chi connectivity index (χ3n) is 5.99. The Morgan fingerprint density at radius 3 is 1.88 bits per heavy atom. The number of ketones is 1. The lowest BCUT2D eigenvalue weighted by atomic mass is 10.0. The molecule has 0 unspecified atom stereocenters. The Morgan fingerprint density at radius 1 is 0.756 bits per heavy atom. The predicted molar refractivity (Wildman–Crippen MR) is 153 cm³/mol. The minimum atomic E-state index is -1.09. The van der Waals surface area contributed by atoms with Gasteiger partial charge < -0.3 is 30.7 Å². The zero-order valence-corrected chi connectivity index (χ0v) is 24.0. The van der Waals surface area contributed by atoms with Crippen molar-refractivity contribution in [1.82, 2.24) is 21.3 Å². The van der Waals surface area contributed by atoms with Crippen molar-refractivity contribution >= 4 is 29.6 Å². The van der Waals surface area contributed by atoms with E-state index >= 15 is 0 Å². The second-order valence-electron chi connectivity index (χ2n) is 10.0. The third-order valence-corrected chi connectivity index (χ3v) is 5.99. The maximum Gasteiger partial charge on any atom is 0.408 e. The van der Waals surface area contributed by atoms with Gasteiger partial charge in [-0.1, -0.05) is 74.5 Å². The molecule has 2 aromatic carbocycles. The summed E-state index contributed by atoms with van der Waals surface area (Å²) in [4.78, 5) is 63.4. The highest BCUT2D eigenvalue weighted by Gasteiger charge is 2.30. The Morgan fingerprint density at radius 2 is 1.32 bits per heavy atom. The summed E-state index contributed by atoms with van der Waals surface area (Å²) in [5, 5.41) is 10.5. The number of amides is 4. The van der Waals surface area contributed by atoms with Crippen LogP contribution in [0.3, 0.4) is 0 Å². The van der Waals surface area contributed by atoms with Gasteiger partial charge in [-0.25, -0.2) is 4.79 Å². The van der Waals surface area contributed by atoms with Crippen molar-refractivity contribution in [3.05, 3.63) is 71.8 Å². The van der Waals surface area contributed by atoms with Crippen molar-refractivity contribution in [1.29, 1.82) is 0 Å². The van der Waals surface area contributed by atoms with Crippen LogP contribution in [0, 0.1) is 5.92 Å². The van der Waals surface area contributed by atoms with Crippen molar-refractivity contribution in [2.24, 2.45) is 5.92 Å². The monoisotopic (exact) mass is 568 g/mol. The topological polar surface area (TPSA) is 152 Å². The van der Waals surface area contributed by atoms with E-state index in [4.69, 9.17) is 9.47 Å². The number of carbonyl (C=O) groups excluding carboxylic acids is 5. The summed E-state index contributed by atoms with van der Waals surface area (Å²) in [6, 6.07) is 15.1. The molecule has 2 aromatic rings. The normalized spacial score (nSPS) is 12.9. The van der Waals surface area contributed by atoms with Gasteiger partial charge in [0.15, 0.2) is 5.78 Å². The molecule has 41 heavy (non-hydrogen) atoms. The van der Waals surface area contributed by atoms with Crippen LogP contribution >= 0.6 is 0 Å². The zero-order valence-electron chi connectivity index (χ0n) is 24.0. The standard InChI is InChI=1S/C30H40N4O7/c1-20(2)15-24(34-30(39)41-18-23-13-9-6-10-14-23)28(37)32-25(16-22-11-7-5-8-12-22)29(38)33-26(17-31-21(3)35)27(36)19-40-4/h5-14,20,24-26H,15-19H2,1-4H3,(H,31,35)(H,32,37)(H,33,38)(H,34,39)/t24-,25-,26-/m0/s1. The largest absolute Gasteiger partial charge is 0.445 e. The van der Waals surface area contributed by atoms with Gasteiger partial charge in [-0.3, -0.25) is 19.2 Å². The smallest absolute Gasteiger partial charge is 0.408 e. The molecular weight excluding hydrogens is 528 g/mol. The molecule has 0 aliphatic heterocycles. The fraction of sp³-hybridized carbons (Fsp3) is 0.433. The second-order valence-corrected chi connectivity index (χ2v) is 10.0. The number of nitrogens with one attached hydrogen (secondary N) is 4. The Hall–Kier alpha value is -4.25. The van der Waals surface area contributed by atoms with Crippen molar-refractivity contribution < 1.29 is 33.4 Å². The van der Waals surface area contributed by atoms with E-state index in [0.29, 0.717) is 6.42 Å². The molecule has 0 fully saturated rings. The lowest BCUT2D eigenvalue weighted by molar-refractivity contribution is -0.133. The van der Waals surface area contributed by atoms with E-state index in [1.807, 2.05) is 62.4 Å². The molecule has 0 spiro atoms. The highest BCUT2D eigenvalue weighted by molar-refractivity contribution is 5.95. The molecule has 0 radical (unpaired) electrons. The number of carbonyl (C=O) groups is 5. The highest BCUT2D eigenvalue weighted by atomic mass is 16.5. The van der Waals surface area contributed by atoms with Crippen LogP contribution in [0.1, 0.15) is 38.3 Å². The predicted octanol–water partition coefficient (Wildman–Crippen LogP) is 1.89. The Balaban J connectivity index is 2.19. The summed E-state index contributed by atoms with van der Waals surface area (Å²) in [5.41, 5.74) is 1.56. The average molecular weight is 569 g/mol. The quantitative estimate of drug-likeness (QED) is 0.241. The summed E-state index contributed by atoms with van der Waals surface area (Å²) >= 11 is 0. The molecule has 0 aliphatic rings. The molecule has 11 nitrogen and oxygen atoms in total. The minimum Gasteiger partial charge on any atom is -0.445 e. The summed E-state index contributed by atoms with van der Waals surface area (Å²) in [7, 11) is 1.35. The SMILES string of the molecule is COCC(=O)[C@H](CNC(C)=O)NC(=O)[C@H](Cc1ccccc1)NC(=O)[C@H](CC(C)C)NC(=O)OCc1ccccc1. The van der Waals surface area contributed by atoms with Crippen LogP contribution in [0.2, 0.25) is 0 Å². The zero-order chi connectivity index (χ0) is 30.2. The number of hydrogen-bond donors (Lipinski definition) is 4. The Labute approximate surface area is 240 Å². The summed E-state index contributed by atoms with van der Waals surface area (Å²) in [6.07, 6.45) is -0.348. The maximum atomic E-state index is 13.4. The molecule has 2 rings (SSSR count). The van der Waals surface area contributed by atoms with E-state index in [0.717, 1.165) is 11.1 Å². The fourth-order valence-corrected chi connectivity index (χ4v) is 3.95. The van der Waals surface area contributed by atoms with Gasteiger partial charge in [0.2, 0.25) is 17.7 Å². The van der Waals surface area contributed by atoms with E-state index in [1.54, 1.807) is 12.1 Å². The first-order valence-corrected chi connectivity index (χ1v) is 13.5. The van der Waals surface area contributed by atoms with E-state index in [2.05, 4.69) is 21.3 Å². The van der Waals surface area contributed by atoms with Gasteiger partial charge in [0.1, 0.15) is 31.3 Å². The van der Waals surface area contributed by atoms with Gasteiger partial charge in [0.05, 0.1) is 0 Å². The number of alkyl carbamates (subject to hydrolysis) is 1. The third kappa shape index (κ3) is 12.6. The van der Waals surface area contributed by atoms with Crippen molar-refractivity contribution in [3.63, 3.8) is 0 Å². The molecule has 0 aromatic heterocycles. The van der Waals surface area contributed by atoms with Crippen molar-refractivity contribution in [2.45, 2.75) is 58.3 Å². The molecule has 0 bridgehead atoms. The van der Waals surface area contributed by atoms with Gasteiger partial charge in [0.25, 0.3) is 0 Å². The molecule has 222 valence electrons. The van der Waals surface area contributed by atoms with Gasteiger partial charge >= 0.3 is 6.09 Å². The Bertz CT molecular complexity index is 1140. The number of methoxy groups -OCH3 is 1. The molecule has 0 saturated carbocycles. The maximum absolute atomic E-state index is 13.4. The number of Topliss-reactive ketones (excluding diaryl/α,β-unsaturated/α-hetero) is 1. The van der Waals surface area contributed by atoms with Crippen molar-refractivity contribution in [3.8, 4) is 0 Å². The summed E-state index contributed by atoms with van der Waals surface area (Å²) < 4.78 is 10.2. The van der Waals surface area contributed by atoms with Crippen LogP contribution in [0.4, 0.5) is 4.79 Å². The number of rotatable bonds is 16. The van der Waals surface area contributed by atoms with E-state index in [-0.39, 0.29) is 38.0 Å². The molecular formula is C30H40N4O7. The van der Waals surface area contributed by atoms with Gasteiger partial charge in [-0.15, -0.1) is 0 Å². The fourth-order valence-electron chi connectivity index (χ4n) is 3.95. The molecule has 11 heteroatoms. The molecule has 0 saturated heterocycles. The van der Waals surface area contributed by atoms with Gasteiger partial charge in [-0.2, -0.15) is 0 Å². The first-order valence-electron chi connectivity index (χ1n) is 13.5. The molecule has 0 aliphatic carbocycles. The van der Waals surface area contributed by atoms with Crippen LogP contribution in [-0.2, 0) is 41.7 Å². The second kappa shape index (κ2) is 17.4. The van der Waals surface area contributed by atoms with Crippen LogP contribution in [0.15, 0.2) is 60.7 Å². The van der Waals surface area contributed by atoms with Crippen LogP contribution < -0.4 is 21.3 Å². The first-order chi connectivity index (χ1) is 19.6. The van der Waals surface area contributed by atoms with Crippen molar-refractivity contribution in [2.75, 3.05) is 20.3 Å². The number of benzene rings is 2. The number of ether oxygens (including phenoxy) is 2. The summed E-state index contributed by atoms with van der Waals surface area (Å²) in [5.74, 6) is -1.98. The Kier molecular flexibility index (Phi) is 14.0. The van der Waals surface area contributed by atoms with Crippen LogP contribution in [-0.4, -0.2) is 68.0 Å². The van der Waals surface area contributed by atoms with E-state index < -0.39 is 41.8 Å². The van der Waals surface area contributed by atoms with Gasteiger partial charge in [-0.05, 0) is 23.5 Å². The molecule has 4 amide bonds. The van der Waals surface area contributed by atoms with E-state index in [9.17, 15) is 24.0 Å². The molecule has 0 heterocycles. The lowest BCUT2D eigenvalue weighted by Gasteiger charge is -2.26. The minimum absolute atomic E-state index is 0.0346. The first kappa shape index (κ1) is 33.0. The van der Waals surface area contributed by atoms with Gasteiger partial charge in [0, 0.05) is 27.0 Å². The van der Waals surface area contributed by atoms with E-state index in [1.165, 1.54) is 14.0 Å². The number of hydrogen-bond acceptors (Lipinski definition) is 7. The molecule has 4 N–H and O–H groups in total. The molecule has 3 atom stereocenters. The average Bonchev–Trinajstić information content (AvgIpc) is 2.94. The van der Waals surface area contributed by atoms with Crippen LogP contribution in [0.25, 0.3) is 0 Å². The van der Waals surface area contributed by atoms with Crippen LogP contribution in [0.5, 0.6) is 0 Å². The lowest BCUT2D eigenvalue weighted by Crippen LogP contribution is -2.58.